The van der Waals surface area contributed by atoms with Gasteiger partial charge in [0.1, 0.15) is 11.9 Å². The Balaban J connectivity index is 1.40. The van der Waals surface area contributed by atoms with Gasteiger partial charge in [-0.1, -0.05) is 17.4 Å². The second-order valence-corrected chi connectivity index (χ2v) is 9.44. The summed E-state index contributed by atoms with van der Waals surface area (Å²) >= 11 is 1.34. The molecule has 4 heterocycles. The maximum atomic E-state index is 15.4. The van der Waals surface area contributed by atoms with Gasteiger partial charge in [-0.2, -0.15) is 5.10 Å². The van der Waals surface area contributed by atoms with Crippen LogP contribution in [-0.4, -0.2) is 81.7 Å². The zero-order valence-corrected chi connectivity index (χ0v) is 19.5. The van der Waals surface area contributed by atoms with Gasteiger partial charge in [0.2, 0.25) is 5.13 Å². The summed E-state index contributed by atoms with van der Waals surface area (Å²) in [6.07, 6.45) is 2.85. The summed E-state index contributed by atoms with van der Waals surface area (Å²) in [6, 6.07) is 4.50. The van der Waals surface area contributed by atoms with Gasteiger partial charge in [-0.3, -0.25) is 10.00 Å². The van der Waals surface area contributed by atoms with Crippen molar-refractivity contribution in [1.82, 2.24) is 25.3 Å². The van der Waals surface area contributed by atoms with E-state index in [0.29, 0.717) is 35.2 Å². The Hall–Kier alpha value is -3.25. The van der Waals surface area contributed by atoms with E-state index in [2.05, 4.69) is 20.4 Å². The van der Waals surface area contributed by atoms with E-state index in [4.69, 9.17) is 9.47 Å². The van der Waals surface area contributed by atoms with E-state index >= 15 is 4.39 Å². The summed E-state index contributed by atoms with van der Waals surface area (Å²) < 4.78 is 26.3. The van der Waals surface area contributed by atoms with E-state index < -0.39 is 24.3 Å². The van der Waals surface area contributed by atoms with E-state index in [1.54, 1.807) is 31.5 Å². The minimum absolute atomic E-state index is 0.0713. The molecule has 34 heavy (non-hydrogen) atoms. The zero-order valence-electron chi connectivity index (χ0n) is 18.7. The number of anilines is 1. The molecule has 4 atom stereocenters. The third-order valence-electron chi connectivity index (χ3n) is 6.61. The molecule has 1 amide bonds. The Kier molecular flexibility index (Phi) is 6.09. The Morgan fingerprint density at radius 1 is 1.35 bits per heavy atom. The van der Waals surface area contributed by atoms with Crippen molar-refractivity contribution in [3.63, 3.8) is 0 Å². The predicted octanol–water partition coefficient (Wildman–Crippen LogP) is 3.64. The SMILES string of the molecule is COCOc1cc(-c2cn[nH]c2)ccc1-c1nnc(N(C)[C@@H]2C[C@H]3CC[C@@H]([C@@H]2F)N3C(=O)O)s1. The molecule has 0 saturated carbocycles. The molecular formula is C22H25FN6O4S. The fourth-order valence-corrected chi connectivity index (χ4v) is 5.82. The minimum atomic E-state index is -1.29. The van der Waals surface area contributed by atoms with Crippen molar-refractivity contribution >= 4 is 22.6 Å². The number of alkyl halides is 1. The number of aromatic amines is 1. The Morgan fingerprint density at radius 3 is 2.94 bits per heavy atom. The Bertz CT molecular complexity index is 1160. The number of methoxy groups -OCH3 is 1. The highest BCUT2D eigenvalue weighted by atomic mass is 32.1. The van der Waals surface area contributed by atoms with Crippen LogP contribution in [-0.2, 0) is 4.74 Å². The molecular weight excluding hydrogens is 463 g/mol. The van der Waals surface area contributed by atoms with Crippen LogP contribution in [0.1, 0.15) is 19.3 Å². The van der Waals surface area contributed by atoms with E-state index in [1.807, 2.05) is 18.2 Å². The van der Waals surface area contributed by atoms with E-state index in [9.17, 15) is 9.90 Å². The number of aromatic nitrogens is 4. The molecule has 3 aromatic rings. The molecule has 12 heteroatoms. The van der Waals surface area contributed by atoms with Crippen LogP contribution in [0.2, 0.25) is 0 Å². The van der Waals surface area contributed by atoms with Gasteiger partial charge in [-0.15, -0.1) is 10.2 Å². The first kappa shape index (κ1) is 22.5. The number of carbonyl (C=O) groups is 1. The number of carboxylic acid groups (broad SMARTS) is 1. The summed E-state index contributed by atoms with van der Waals surface area (Å²) in [7, 11) is 3.34. The summed E-state index contributed by atoms with van der Waals surface area (Å²) in [6.45, 7) is 0.0713. The van der Waals surface area contributed by atoms with Crippen molar-refractivity contribution in [2.24, 2.45) is 0 Å². The smallest absolute Gasteiger partial charge is 0.407 e. The van der Waals surface area contributed by atoms with Gasteiger partial charge >= 0.3 is 6.09 Å². The number of hydrogen-bond donors (Lipinski definition) is 2. The number of halogens is 1. The van der Waals surface area contributed by atoms with Crippen molar-refractivity contribution in [3.8, 4) is 27.4 Å². The van der Waals surface area contributed by atoms with Crippen LogP contribution >= 0.6 is 11.3 Å². The van der Waals surface area contributed by atoms with Crippen LogP contribution in [0.15, 0.2) is 30.6 Å². The molecule has 10 nitrogen and oxygen atoms in total. The molecule has 2 aliphatic rings. The van der Waals surface area contributed by atoms with E-state index in [-0.39, 0.29) is 12.8 Å². The first-order chi connectivity index (χ1) is 16.5. The zero-order chi connectivity index (χ0) is 23.8. The van der Waals surface area contributed by atoms with Crippen molar-refractivity contribution in [3.05, 3.63) is 30.6 Å². The molecule has 2 aliphatic heterocycles. The lowest BCUT2D eigenvalue weighted by Crippen LogP contribution is -2.58. The van der Waals surface area contributed by atoms with Crippen LogP contribution in [0.3, 0.4) is 0 Å². The van der Waals surface area contributed by atoms with Gasteiger partial charge < -0.3 is 19.5 Å². The Labute approximate surface area is 199 Å². The van der Waals surface area contributed by atoms with Gasteiger partial charge in [0, 0.05) is 32.0 Å². The molecule has 1 aromatic carbocycles. The number of H-pyrrole nitrogens is 1. The lowest BCUT2D eigenvalue weighted by molar-refractivity contribution is 0.0491. The van der Waals surface area contributed by atoms with Crippen LogP contribution < -0.4 is 9.64 Å². The summed E-state index contributed by atoms with van der Waals surface area (Å²) in [4.78, 5) is 14.7. The molecule has 2 N–H and O–H groups in total. The third-order valence-corrected chi connectivity index (χ3v) is 7.65. The number of ether oxygens (including phenoxy) is 2. The van der Waals surface area contributed by atoms with E-state index in [1.165, 1.54) is 16.2 Å². The first-order valence-electron chi connectivity index (χ1n) is 10.9. The predicted molar refractivity (Wildman–Crippen MR) is 124 cm³/mol. The number of piperidine rings is 1. The summed E-state index contributed by atoms with van der Waals surface area (Å²) in [5.74, 6) is 0.585. The third kappa shape index (κ3) is 3.96. The quantitative estimate of drug-likeness (QED) is 0.484. The molecule has 2 fully saturated rings. The van der Waals surface area contributed by atoms with Crippen molar-refractivity contribution < 1.29 is 23.8 Å². The second-order valence-electron chi connectivity index (χ2n) is 8.49. The standard InChI is InChI=1S/C22H25FN6O4S/c1-28(17-8-14-4-6-16(19(17)23)29(14)22(30)31)21-27-26-20(34-21)15-5-3-12(13-9-24-25-10-13)7-18(15)33-11-32-2/h3,5,7,9-10,14,16-17,19H,4,6,8,11H2,1-2H3,(H,24,25)(H,30,31)/t14-,16+,17-,19+/m1/s1. The lowest BCUT2D eigenvalue weighted by Gasteiger charge is -2.42. The molecule has 2 bridgehead atoms. The van der Waals surface area contributed by atoms with Gasteiger partial charge in [0.05, 0.1) is 23.8 Å². The number of benzene rings is 1. The van der Waals surface area contributed by atoms with Gasteiger partial charge in [0.25, 0.3) is 0 Å². The van der Waals surface area contributed by atoms with Gasteiger partial charge in [-0.25, -0.2) is 9.18 Å². The number of amides is 1. The normalized spacial score (nSPS) is 23.8. The van der Waals surface area contributed by atoms with Crippen LogP contribution in [0, 0.1) is 0 Å². The molecule has 0 radical (unpaired) electrons. The number of nitrogens with one attached hydrogen (secondary N) is 1. The van der Waals surface area contributed by atoms with Crippen molar-refractivity contribution in [2.45, 2.75) is 43.6 Å². The van der Waals surface area contributed by atoms with Gasteiger partial charge in [0.15, 0.2) is 11.8 Å². The minimum Gasteiger partial charge on any atom is -0.467 e. The van der Waals surface area contributed by atoms with Crippen LogP contribution in [0.25, 0.3) is 21.7 Å². The lowest BCUT2D eigenvalue weighted by atomic mass is 9.95. The molecule has 2 saturated heterocycles. The fraction of sp³-hybridized carbons (Fsp3) is 0.455. The van der Waals surface area contributed by atoms with Crippen LogP contribution in [0.4, 0.5) is 14.3 Å². The topological polar surface area (TPSA) is 117 Å². The first-order valence-corrected chi connectivity index (χ1v) is 11.8. The van der Waals surface area contributed by atoms with Gasteiger partial charge in [-0.05, 0) is 37.0 Å². The van der Waals surface area contributed by atoms with Crippen molar-refractivity contribution in [1.29, 1.82) is 0 Å². The molecule has 5 rings (SSSR count). The monoisotopic (exact) mass is 488 g/mol. The average molecular weight is 489 g/mol. The molecule has 0 aliphatic carbocycles. The molecule has 0 spiro atoms. The molecule has 2 aromatic heterocycles. The number of rotatable bonds is 7. The number of nitrogens with zero attached hydrogens (tertiary/aromatic N) is 5. The number of fused-ring (bicyclic) bond motifs is 2. The average Bonchev–Trinajstić information content (AvgIpc) is 3.59. The second kappa shape index (κ2) is 9.18. The highest BCUT2D eigenvalue weighted by molar-refractivity contribution is 7.18. The summed E-state index contributed by atoms with van der Waals surface area (Å²) in [5, 5.41) is 26.1. The maximum absolute atomic E-state index is 15.4. The number of hydrogen-bond acceptors (Lipinski definition) is 8. The van der Waals surface area contributed by atoms with E-state index in [0.717, 1.165) is 16.7 Å². The highest BCUT2D eigenvalue weighted by Gasteiger charge is 2.51. The molecule has 0 unspecified atom stereocenters. The summed E-state index contributed by atoms with van der Waals surface area (Å²) in [5.41, 5.74) is 2.59. The largest absolute Gasteiger partial charge is 0.467 e. The van der Waals surface area contributed by atoms with Crippen molar-refractivity contribution in [2.75, 3.05) is 25.9 Å². The molecule has 180 valence electrons. The maximum Gasteiger partial charge on any atom is 0.407 e. The van der Waals surface area contributed by atoms with Crippen LogP contribution in [0.5, 0.6) is 5.75 Å². The highest BCUT2D eigenvalue weighted by Crippen LogP contribution is 2.42. The Morgan fingerprint density at radius 2 is 2.21 bits per heavy atom. The fourth-order valence-electron chi connectivity index (χ4n) is 4.93.